The molecule has 1 N–H and O–H groups in total. The molecule has 2 aromatic carbocycles. The van der Waals surface area contributed by atoms with Crippen molar-refractivity contribution in [1.82, 2.24) is 0 Å². The van der Waals surface area contributed by atoms with Crippen LogP contribution >= 0.6 is 23.2 Å². The summed E-state index contributed by atoms with van der Waals surface area (Å²) in [5.41, 5.74) is 2.73. The van der Waals surface area contributed by atoms with Crippen LogP contribution in [0, 0.1) is 18.3 Å². The molecule has 0 bridgehead atoms. The van der Waals surface area contributed by atoms with Crippen molar-refractivity contribution in [2.24, 2.45) is 0 Å². The van der Waals surface area contributed by atoms with Crippen LogP contribution in [0.4, 0.5) is 5.69 Å². The lowest BCUT2D eigenvalue weighted by Crippen LogP contribution is -2.09. The van der Waals surface area contributed by atoms with Crippen LogP contribution in [0.2, 0.25) is 10.0 Å². The fourth-order valence-corrected chi connectivity index (χ4v) is 2.33. The van der Waals surface area contributed by atoms with E-state index in [1.165, 1.54) is 0 Å². The van der Waals surface area contributed by atoms with E-state index in [1.54, 1.807) is 18.2 Å². The fraction of sp³-hybridized carbons (Fsp3) is 0.133. The van der Waals surface area contributed by atoms with Gasteiger partial charge < -0.3 is 5.32 Å². The second-order valence-electron chi connectivity index (χ2n) is 4.24. The van der Waals surface area contributed by atoms with E-state index in [1.807, 2.05) is 31.2 Å². The van der Waals surface area contributed by atoms with Crippen molar-refractivity contribution in [2.75, 3.05) is 5.32 Å². The van der Waals surface area contributed by atoms with E-state index in [0.717, 1.165) is 16.8 Å². The van der Waals surface area contributed by atoms with Crippen LogP contribution < -0.4 is 5.32 Å². The Morgan fingerprint density at radius 2 is 1.95 bits per heavy atom. The predicted octanol–water partition coefficient (Wildman–Crippen LogP) is 4.98. The molecule has 19 heavy (non-hydrogen) atoms. The minimum atomic E-state index is -0.508. The number of nitriles is 1. The van der Waals surface area contributed by atoms with Gasteiger partial charge in [0.2, 0.25) is 0 Å². The number of benzene rings is 2. The Morgan fingerprint density at radius 3 is 2.58 bits per heavy atom. The summed E-state index contributed by atoms with van der Waals surface area (Å²) in [7, 11) is 0. The van der Waals surface area contributed by atoms with Gasteiger partial charge in [0.15, 0.2) is 0 Å². The summed E-state index contributed by atoms with van der Waals surface area (Å²) in [4.78, 5) is 0. The molecule has 2 aromatic rings. The Balaban J connectivity index is 2.28. The van der Waals surface area contributed by atoms with Gasteiger partial charge in [-0.3, -0.25) is 0 Å². The SMILES string of the molecule is Cc1cccc(NC(C#N)c2ccc(Cl)cc2Cl)c1. The molecule has 0 fully saturated rings. The Kier molecular flexibility index (Phi) is 4.31. The number of rotatable bonds is 3. The number of hydrogen-bond acceptors (Lipinski definition) is 2. The normalized spacial score (nSPS) is 11.7. The zero-order valence-corrected chi connectivity index (χ0v) is 11.8. The lowest BCUT2D eigenvalue weighted by Gasteiger charge is -2.15. The third kappa shape index (κ3) is 3.41. The number of anilines is 1. The second kappa shape index (κ2) is 5.97. The van der Waals surface area contributed by atoms with E-state index in [-0.39, 0.29) is 0 Å². The van der Waals surface area contributed by atoms with E-state index in [9.17, 15) is 5.26 Å². The first kappa shape index (κ1) is 13.7. The van der Waals surface area contributed by atoms with Crippen LogP contribution in [0.15, 0.2) is 42.5 Å². The van der Waals surface area contributed by atoms with Gasteiger partial charge in [-0.2, -0.15) is 5.26 Å². The summed E-state index contributed by atoms with van der Waals surface area (Å²) in [6, 6.07) is 14.7. The molecule has 0 saturated heterocycles. The van der Waals surface area contributed by atoms with Gasteiger partial charge in [0.25, 0.3) is 0 Å². The van der Waals surface area contributed by atoms with Crippen molar-refractivity contribution in [2.45, 2.75) is 13.0 Å². The van der Waals surface area contributed by atoms with Crippen molar-refractivity contribution in [3.05, 3.63) is 63.6 Å². The van der Waals surface area contributed by atoms with Crippen molar-refractivity contribution in [1.29, 1.82) is 5.26 Å². The minimum Gasteiger partial charge on any atom is -0.366 e. The highest BCUT2D eigenvalue weighted by Gasteiger charge is 2.14. The minimum absolute atomic E-state index is 0.485. The lowest BCUT2D eigenvalue weighted by molar-refractivity contribution is 0.997. The molecule has 0 spiro atoms. The van der Waals surface area contributed by atoms with Gasteiger partial charge in [-0.25, -0.2) is 0 Å². The van der Waals surface area contributed by atoms with E-state index in [4.69, 9.17) is 23.2 Å². The molecule has 0 heterocycles. The molecule has 1 unspecified atom stereocenters. The first-order valence-corrected chi connectivity index (χ1v) is 6.53. The molecule has 0 saturated carbocycles. The molecule has 4 heteroatoms. The van der Waals surface area contributed by atoms with E-state index < -0.39 is 6.04 Å². The third-order valence-electron chi connectivity index (χ3n) is 2.73. The summed E-state index contributed by atoms with van der Waals surface area (Å²) >= 11 is 12.0. The molecule has 96 valence electrons. The summed E-state index contributed by atoms with van der Waals surface area (Å²) < 4.78 is 0. The van der Waals surface area contributed by atoms with Gasteiger partial charge in [0.1, 0.15) is 6.04 Å². The van der Waals surface area contributed by atoms with Crippen LogP contribution in [0.3, 0.4) is 0 Å². The van der Waals surface area contributed by atoms with Crippen LogP contribution in [-0.2, 0) is 0 Å². The quantitative estimate of drug-likeness (QED) is 0.865. The zero-order chi connectivity index (χ0) is 13.8. The molecule has 0 amide bonds. The zero-order valence-electron chi connectivity index (χ0n) is 10.3. The standard InChI is InChI=1S/C15H12Cl2N2/c1-10-3-2-4-12(7-10)19-15(9-18)13-6-5-11(16)8-14(13)17/h2-8,15,19H,1H3. The molecular formula is C15H12Cl2N2. The third-order valence-corrected chi connectivity index (χ3v) is 3.29. The van der Waals surface area contributed by atoms with Crippen LogP contribution in [0.1, 0.15) is 17.2 Å². The fourth-order valence-electron chi connectivity index (χ4n) is 1.82. The summed E-state index contributed by atoms with van der Waals surface area (Å²) in [6.07, 6.45) is 0. The van der Waals surface area contributed by atoms with Crippen molar-refractivity contribution >= 4 is 28.9 Å². The number of hydrogen-bond donors (Lipinski definition) is 1. The summed E-state index contributed by atoms with van der Waals surface area (Å²) in [6.45, 7) is 2.00. The van der Waals surface area contributed by atoms with Crippen molar-refractivity contribution in [3.63, 3.8) is 0 Å². The number of nitrogens with zero attached hydrogens (tertiary/aromatic N) is 1. The number of halogens is 2. The Bertz CT molecular complexity index is 632. The Hall–Kier alpha value is -1.69. The average molecular weight is 291 g/mol. The van der Waals surface area contributed by atoms with Gasteiger partial charge >= 0.3 is 0 Å². The molecule has 0 aromatic heterocycles. The maximum absolute atomic E-state index is 9.30. The van der Waals surface area contributed by atoms with Gasteiger partial charge in [-0.1, -0.05) is 41.4 Å². The van der Waals surface area contributed by atoms with E-state index >= 15 is 0 Å². The Labute approximate surface area is 122 Å². The molecule has 1 atom stereocenters. The smallest absolute Gasteiger partial charge is 0.141 e. The maximum Gasteiger partial charge on any atom is 0.141 e. The van der Waals surface area contributed by atoms with E-state index in [2.05, 4.69) is 11.4 Å². The molecule has 0 aliphatic heterocycles. The molecular weight excluding hydrogens is 279 g/mol. The van der Waals surface area contributed by atoms with Crippen molar-refractivity contribution in [3.8, 4) is 6.07 Å². The molecule has 0 radical (unpaired) electrons. The van der Waals surface area contributed by atoms with E-state index in [0.29, 0.717) is 10.0 Å². The maximum atomic E-state index is 9.30. The molecule has 0 aliphatic rings. The Morgan fingerprint density at radius 1 is 1.16 bits per heavy atom. The number of aryl methyl sites for hydroxylation is 1. The monoisotopic (exact) mass is 290 g/mol. The average Bonchev–Trinajstić information content (AvgIpc) is 2.37. The first-order chi connectivity index (χ1) is 9.10. The number of nitrogens with one attached hydrogen (secondary N) is 1. The second-order valence-corrected chi connectivity index (χ2v) is 5.09. The highest BCUT2D eigenvalue weighted by Crippen LogP contribution is 2.28. The first-order valence-electron chi connectivity index (χ1n) is 5.78. The summed E-state index contributed by atoms with van der Waals surface area (Å²) in [5, 5.41) is 13.5. The predicted molar refractivity (Wildman–Crippen MR) is 79.6 cm³/mol. The van der Waals surface area contributed by atoms with Gasteiger partial charge in [0, 0.05) is 21.3 Å². The molecule has 0 aliphatic carbocycles. The van der Waals surface area contributed by atoms with Crippen LogP contribution in [0.5, 0.6) is 0 Å². The van der Waals surface area contributed by atoms with Gasteiger partial charge in [0.05, 0.1) is 6.07 Å². The lowest BCUT2D eigenvalue weighted by atomic mass is 10.1. The van der Waals surface area contributed by atoms with Crippen molar-refractivity contribution < 1.29 is 0 Å². The molecule has 2 rings (SSSR count). The molecule has 2 nitrogen and oxygen atoms in total. The van der Waals surface area contributed by atoms with Gasteiger partial charge in [-0.15, -0.1) is 0 Å². The highest BCUT2D eigenvalue weighted by atomic mass is 35.5. The van der Waals surface area contributed by atoms with Crippen LogP contribution in [0.25, 0.3) is 0 Å². The van der Waals surface area contributed by atoms with Crippen LogP contribution in [-0.4, -0.2) is 0 Å². The highest BCUT2D eigenvalue weighted by molar-refractivity contribution is 6.35. The topological polar surface area (TPSA) is 35.8 Å². The summed E-state index contributed by atoms with van der Waals surface area (Å²) in [5.74, 6) is 0. The largest absolute Gasteiger partial charge is 0.366 e. The van der Waals surface area contributed by atoms with Gasteiger partial charge in [-0.05, 0) is 36.8 Å².